The van der Waals surface area contributed by atoms with Gasteiger partial charge in [-0.05, 0) is 43.4 Å². The predicted molar refractivity (Wildman–Crippen MR) is 90.0 cm³/mol. The highest BCUT2D eigenvalue weighted by Gasteiger charge is 2.24. The quantitative estimate of drug-likeness (QED) is 0.625. The third-order valence-corrected chi connectivity index (χ3v) is 4.25. The van der Waals surface area contributed by atoms with Crippen molar-refractivity contribution in [3.05, 3.63) is 41.0 Å². The van der Waals surface area contributed by atoms with Gasteiger partial charge in [0.05, 0.1) is 13.5 Å². The summed E-state index contributed by atoms with van der Waals surface area (Å²) < 4.78 is 38.0. The van der Waals surface area contributed by atoms with Gasteiger partial charge in [-0.2, -0.15) is 0 Å². The van der Waals surface area contributed by atoms with E-state index in [1.54, 1.807) is 18.3 Å². The first kappa shape index (κ1) is 18.6. The highest BCUT2D eigenvalue weighted by Crippen LogP contribution is 2.28. The van der Waals surface area contributed by atoms with Gasteiger partial charge < -0.3 is 9.29 Å². The molecule has 0 spiro atoms. The number of nitrogens with one attached hydrogen (secondary N) is 1. The second kappa shape index (κ2) is 8.41. The van der Waals surface area contributed by atoms with Gasteiger partial charge in [-0.3, -0.25) is 4.55 Å². The summed E-state index contributed by atoms with van der Waals surface area (Å²) in [5.41, 5.74) is 6.18. The fourth-order valence-electron chi connectivity index (χ4n) is 3.20. The molecule has 1 aliphatic heterocycles. The van der Waals surface area contributed by atoms with E-state index in [-0.39, 0.29) is 0 Å². The predicted octanol–water partition coefficient (Wildman–Crippen LogP) is 1.04. The lowest BCUT2D eigenvalue weighted by Crippen LogP contribution is -2.75. The van der Waals surface area contributed by atoms with Gasteiger partial charge in [-0.25, -0.2) is 13.4 Å². The molecule has 6 nitrogen and oxygen atoms in total. The number of ether oxygens (including phenoxy) is 1. The first-order valence-electron chi connectivity index (χ1n) is 7.99. The van der Waals surface area contributed by atoms with E-state index >= 15 is 0 Å². The number of methoxy groups -OCH3 is 1. The van der Waals surface area contributed by atoms with Crippen molar-refractivity contribution in [2.45, 2.75) is 38.5 Å². The van der Waals surface area contributed by atoms with E-state index in [9.17, 15) is 0 Å². The van der Waals surface area contributed by atoms with Gasteiger partial charge in [0.1, 0.15) is 12.3 Å². The largest absolute Gasteiger partial charge is 0.726 e. The monoisotopic (exact) mass is 353 g/mol. The zero-order chi connectivity index (χ0) is 17.6. The first-order chi connectivity index (χ1) is 11.4. The average molecular weight is 353 g/mol. The average Bonchev–Trinajstić information content (AvgIpc) is 2.54. The van der Waals surface area contributed by atoms with Gasteiger partial charge in [0, 0.05) is 12.0 Å². The Hall–Kier alpha value is -1.70. The molecule has 7 heteroatoms. The molecule has 0 unspecified atom stereocenters. The fraction of sp³-hybridized carbons (Fsp3) is 0.471. The van der Waals surface area contributed by atoms with Crippen LogP contribution in [-0.4, -0.2) is 36.9 Å². The van der Waals surface area contributed by atoms with Gasteiger partial charge >= 0.3 is 0 Å². The van der Waals surface area contributed by atoms with Crippen LogP contribution in [0.5, 0.6) is 5.75 Å². The summed E-state index contributed by atoms with van der Waals surface area (Å²) in [6, 6.07) is 8.44. The Morgan fingerprint density at radius 3 is 2.42 bits per heavy atom. The molecular weight excluding hydrogens is 330 g/mol. The van der Waals surface area contributed by atoms with Gasteiger partial charge in [0.2, 0.25) is 10.4 Å². The summed E-state index contributed by atoms with van der Waals surface area (Å²) >= 11 is 0. The van der Waals surface area contributed by atoms with Crippen molar-refractivity contribution in [1.29, 1.82) is 0 Å². The van der Waals surface area contributed by atoms with Crippen LogP contribution in [0.3, 0.4) is 0 Å². The molecule has 3 rings (SSSR count). The summed E-state index contributed by atoms with van der Waals surface area (Å²) in [6.45, 7) is 1.12. The minimum atomic E-state index is -4.92. The van der Waals surface area contributed by atoms with E-state index in [2.05, 4.69) is 29.3 Å². The summed E-state index contributed by atoms with van der Waals surface area (Å²) in [5.74, 6) is 0.933. The van der Waals surface area contributed by atoms with Crippen molar-refractivity contribution in [2.24, 2.45) is 0 Å². The molecule has 0 saturated heterocycles. The van der Waals surface area contributed by atoms with Crippen LogP contribution >= 0.6 is 0 Å². The third kappa shape index (κ3) is 6.07. The third-order valence-electron chi connectivity index (χ3n) is 4.25. The van der Waals surface area contributed by atoms with Crippen molar-refractivity contribution in [1.82, 2.24) is 0 Å². The second-order valence-corrected chi connectivity index (χ2v) is 6.75. The maximum atomic E-state index is 8.63. The Bertz CT molecular complexity index is 712. The Kier molecular flexibility index (Phi) is 6.53. The summed E-state index contributed by atoms with van der Waals surface area (Å²) in [6.07, 6.45) is 7.61. The molecule has 0 radical (unpaired) electrons. The molecule has 2 aliphatic rings. The molecule has 0 amide bonds. The standard InChI is InChI=1S/C17H21NO.H2O4S/c1-19-15-8-6-13(7-9-15)12-17-16-5-3-2-4-14(16)10-11-18-17;1-5(2,3)4/h6-9H,2-5,10-12H2,1H3;(H2,1,2,3,4). The Labute approximate surface area is 142 Å². The van der Waals surface area contributed by atoms with Gasteiger partial charge in [-0.15, -0.1) is 0 Å². The lowest BCUT2D eigenvalue weighted by Gasteiger charge is -2.21. The minimum absolute atomic E-state index is 0.933. The van der Waals surface area contributed by atoms with Crippen LogP contribution in [0.1, 0.15) is 37.7 Å². The maximum absolute atomic E-state index is 8.63. The summed E-state index contributed by atoms with van der Waals surface area (Å²) in [7, 11) is -3.20. The van der Waals surface area contributed by atoms with Crippen molar-refractivity contribution in [3.8, 4) is 5.75 Å². The van der Waals surface area contributed by atoms with Crippen molar-refractivity contribution in [2.75, 3.05) is 13.7 Å². The number of benzene rings is 1. The molecule has 0 atom stereocenters. The molecule has 24 heavy (non-hydrogen) atoms. The number of hydrogen-bond acceptors (Lipinski definition) is 4. The van der Waals surface area contributed by atoms with Gasteiger partial charge in [-0.1, -0.05) is 17.7 Å². The SMILES string of the molecule is COc1ccc(CC2=[NH+]CCC3=C2CCCC3)cc1.O=S(=O)([O-])O. The highest BCUT2D eigenvalue weighted by atomic mass is 32.3. The van der Waals surface area contributed by atoms with Crippen LogP contribution in [0.4, 0.5) is 0 Å². The fourth-order valence-corrected chi connectivity index (χ4v) is 3.20. The molecule has 1 aromatic carbocycles. The minimum Gasteiger partial charge on any atom is -0.726 e. The maximum Gasteiger partial charge on any atom is 0.215 e. The smallest absolute Gasteiger partial charge is 0.215 e. The lowest BCUT2D eigenvalue weighted by atomic mass is 9.84. The highest BCUT2D eigenvalue weighted by molar-refractivity contribution is 7.79. The second-order valence-electron chi connectivity index (χ2n) is 5.90. The van der Waals surface area contributed by atoms with E-state index in [4.69, 9.17) is 22.3 Å². The zero-order valence-electron chi connectivity index (χ0n) is 13.7. The normalized spacial score (nSPS) is 17.4. The first-order valence-corrected chi connectivity index (χ1v) is 9.35. The van der Waals surface area contributed by atoms with Crippen molar-refractivity contribution >= 4 is 16.1 Å². The van der Waals surface area contributed by atoms with E-state index < -0.39 is 10.4 Å². The summed E-state index contributed by atoms with van der Waals surface area (Å²) in [4.78, 5) is 3.62. The van der Waals surface area contributed by atoms with Crippen molar-refractivity contribution < 1.29 is 27.3 Å². The van der Waals surface area contributed by atoms with Crippen LogP contribution in [0.25, 0.3) is 0 Å². The van der Waals surface area contributed by atoms with E-state index in [1.807, 2.05) is 0 Å². The van der Waals surface area contributed by atoms with Gasteiger partial charge in [0.15, 0.2) is 5.71 Å². The lowest BCUT2D eigenvalue weighted by molar-refractivity contribution is -0.459. The molecule has 0 bridgehead atoms. The van der Waals surface area contributed by atoms with Crippen LogP contribution in [0.15, 0.2) is 35.4 Å². The molecule has 2 N–H and O–H groups in total. The Balaban J connectivity index is 0.000000368. The molecule has 0 saturated carbocycles. The van der Waals surface area contributed by atoms with Crippen LogP contribution in [0, 0.1) is 0 Å². The molecular formula is C17H23NO5S. The molecule has 1 heterocycles. The Morgan fingerprint density at radius 1 is 1.17 bits per heavy atom. The van der Waals surface area contributed by atoms with E-state index in [0.29, 0.717) is 0 Å². The van der Waals surface area contributed by atoms with E-state index in [1.165, 1.54) is 43.4 Å². The number of hydrogen-bond donors (Lipinski definition) is 2. The molecule has 0 aromatic heterocycles. The molecule has 132 valence electrons. The molecule has 1 aromatic rings. The van der Waals surface area contributed by atoms with Crippen LogP contribution in [0.2, 0.25) is 0 Å². The molecule has 0 fully saturated rings. The number of rotatable bonds is 3. The number of allylic oxidation sites excluding steroid dienone is 1. The zero-order valence-corrected chi connectivity index (χ0v) is 14.6. The Morgan fingerprint density at radius 2 is 1.79 bits per heavy atom. The van der Waals surface area contributed by atoms with Crippen molar-refractivity contribution in [3.63, 3.8) is 0 Å². The van der Waals surface area contributed by atoms with Crippen LogP contribution < -0.4 is 9.73 Å². The van der Waals surface area contributed by atoms with Gasteiger partial charge in [0.25, 0.3) is 0 Å². The van der Waals surface area contributed by atoms with Crippen LogP contribution in [-0.2, 0) is 16.8 Å². The molecule has 1 aliphatic carbocycles. The topological polar surface area (TPSA) is 101 Å². The summed E-state index contributed by atoms with van der Waals surface area (Å²) in [5, 5.41) is 0. The van der Waals surface area contributed by atoms with E-state index in [0.717, 1.165) is 18.7 Å².